The summed E-state index contributed by atoms with van der Waals surface area (Å²) in [5, 5.41) is 3.17. The molecule has 2 aromatic rings. The minimum absolute atomic E-state index is 0.0238. The Morgan fingerprint density at radius 2 is 1.92 bits per heavy atom. The number of nitrogens with two attached hydrogens (primary N) is 1. The summed E-state index contributed by atoms with van der Waals surface area (Å²) in [6.45, 7) is 0.684. The number of benzene rings is 2. The number of ether oxygens (including phenoxy) is 1. The molecule has 1 fully saturated rings. The van der Waals surface area contributed by atoms with E-state index in [9.17, 15) is 4.79 Å². The van der Waals surface area contributed by atoms with Crippen molar-refractivity contribution in [3.05, 3.63) is 59.7 Å². The number of hydrogen-bond acceptors (Lipinski definition) is 3. The van der Waals surface area contributed by atoms with Gasteiger partial charge in [-0.15, -0.1) is 0 Å². The Morgan fingerprint density at radius 3 is 2.65 bits per heavy atom. The van der Waals surface area contributed by atoms with Crippen LogP contribution in [0.4, 0.5) is 5.69 Å². The molecule has 26 heavy (non-hydrogen) atoms. The van der Waals surface area contributed by atoms with Gasteiger partial charge in [-0.3, -0.25) is 4.79 Å². The number of aryl methyl sites for hydroxylation is 1. The van der Waals surface area contributed by atoms with E-state index in [0.29, 0.717) is 19.4 Å². The van der Waals surface area contributed by atoms with Gasteiger partial charge in [0.25, 0.3) is 0 Å². The predicted molar refractivity (Wildman–Crippen MR) is 105 cm³/mol. The number of anilines is 1. The van der Waals surface area contributed by atoms with E-state index in [1.54, 1.807) is 7.11 Å². The second-order valence-corrected chi connectivity index (χ2v) is 7.19. The number of nitrogen functional groups attached to an aromatic ring is 1. The first-order valence-corrected chi connectivity index (χ1v) is 9.38. The number of amides is 1. The van der Waals surface area contributed by atoms with Crippen LogP contribution >= 0.6 is 0 Å². The summed E-state index contributed by atoms with van der Waals surface area (Å²) in [5.74, 6) is 0.960. The van der Waals surface area contributed by atoms with Crippen molar-refractivity contribution in [1.29, 1.82) is 0 Å². The van der Waals surface area contributed by atoms with Crippen LogP contribution < -0.4 is 15.8 Å². The van der Waals surface area contributed by atoms with E-state index in [-0.39, 0.29) is 11.3 Å². The van der Waals surface area contributed by atoms with Gasteiger partial charge in [-0.05, 0) is 48.6 Å². The van der Waals surface area contributed by atoms with Crippen LogP contribution in [0.5, 0.6) is 5.75 Å². The summed E-state index contributed by atoms with van der Waals surface area (Å²) in [6.07, 6.45) is 5.74. The fraction of sp³-hybridized carbons (Fsp3) is 0.409. The van der Waals surface area contributed by atoms with Crippen molar-refractivity contribution >= 4 is 11.6 Å². The average molecular weight is 352 g/mol. The predicted octanol–water partition coefficient (Wildman–Crippen LogP) is 3.84. The fourth-order valence-corrected chi connectivity index (χ4v) is 3.94. The minimum Gasteiger partial charge on any atom is -0.497 e. The lowest BCUT2D eigenvalue weighted by Crippen LogP contribution is -2.39. The Bertz CT molecular complexity index is 751. The lowest BCUT2D eigenvalue weighted by atomic mass is 9.78. The van der Waals surface area contributed by atoms with Gasteiger partial charge >= 0.3 is 0 Å². The molecular weight excluding hydrogens is 324 g/mol. The van der Waals surface area contributed by atoms with E-state index in [1.165, 1.54) is 18.4 Å². The standard InChI is InChI=1S/C22H28N2O2/c1-26-19-9-6-8-18(15-19)22(13-4-5-14-22)16-24-21(25)12-11-17-7-2-3-10-20(17)23/h2-3,6-10,15H,4-5,11-14,16,23H2,1H3,(H,24,25). The second-order valence-electron chi connectivity index (χ2n) is 7.19. The molecule has 3 N–H and O–H groups in total. The molecule has 4 heteroatoms. The first-order chi connectivity index (χ1) is 12.6. The third-order valence-corrected chi connectivity index (χ3v) is 5.54. The molecule has 0 unspecified atom stereocenters. The molecule has 3 rings (SSSR count). The lowest BCUT2D eigenvalue weighted by Gasteiger charge is -2.30. The van der Waals surface area contributed by atoms with E-state index in [4.69, 9.17) is 10.5 Å². The van der Waals surface area contributed by atoms with Gasteiger partial charge in [-0.25, -0.2) is 0 Å². The SMILES string of the molecule is COc1cccc(C2(CNC(=O)CCc3ccccc3N)CCCC2)c1. The van der Waals surface area contributed by atoms with Crippen LogP contribution in [-0.4, -0.2) is 19.6 Å². The zero-order valence-electron chi connectivity index (χ0n) is 15.5. The Morgan fingerprint density at radius 1 is 1.15 bits per heavy atom. The van der Waals surface area contributed by atoms with Gasteiger partial charge in [0.2, 0.25) is 5.91 Å². The van der Waals surface area contributed by atoms with Crippen molar-refractivity contribution in [3.63, 3.8) is 0 Å². The van der Waals surface area contributed by atoms with E-state index in [1.807, 2.05) is 36.4 Å². The first kappa shape index (κ1) is 18.3. The first-order valence-electron chi connectivity index (χ1n) is 9.38. The van der Waals surface area contributed by atoms with Crippen LogP contribution in [0, 0.1) is 0 Å². The van der Waals surface area contributed by atoms with Crippen LogP contribution in [0.2, 0.25) is 0 Å². The van der Waals surface area contributed by atoms with Gasteiger partial charge in [-0.1, -0.05) is 43.2 Å². The molecule has 2 aromatic carbocycles. The van der Waals surface area contributed by atoms with E-state index in [0.717, 1.165) is 29.8 Å². The molecule has 0 radical (unpaired) electrons. The molecule has 1 saturated carbocycles. The van der Waals surface area contributed by atoms with Gasteiger partial charge in [0.05, 0.1) is 7.11 Å². The van der Waals surface area contributed by atoms with Crippen LogP contribution in [0.25, 0.3) is 0 Å². The quantitative estimate of drug-likeness (QED) is 0.744. The van der Waals surface area contributed by atoms with E-state index < -0.39 is 0 Å². The molecule has 0 aromatic heterocycles. The van der Waals surface area contributed by atoms with Crippen molar-refractivity contribution in [3.8, 4) is 5.75 Å². The summed E-state index contributed by atoms with van der Waals surface area (Å²) >= 11 is 0. The van der Waals surface area contributed by atoms with Crippen LogP contribution in [0.3, 0.4) is 0 Å². The minimum atomic E-state index is 0.0238. The Labute approximate surface area is 155 Å². The molecule has 4 nitrogen and oxygen atoms in total. The van der Waals surface area contributed by atoms with E-state index >= 15 is 0 Å². The number of rotatable bonds is 7. The number of carbonyl (C=O) groups is 1. The molecule has 138 valence electrons. The molecule has 1 amide bonds. The largest absolute Gasteiger partial charge is 0.497 e. The number of nitrogens with one attached hydrogen (secondary N) is 1. The number of methoxy groups -OCH3 is 1. The van der Waals surface area contributed by atoms with Crippen LogP contribution in [0.15, 0.2) is 48.5 Å². The van der Waals surface area contributed by atoms with Crippen LogP contribution in [0.1, 0.15) is 43.2 Å². The Kier molecular flexibility index (Phi) is 5.82. The second kappa shape index (κ2) is 8.26. The molecule has 0 aliphatic heterocycles. The highest BCUT2D eigenvalue weighted by Gasteiger charge is 2.36. The Hall–Kier alpha value is -2.49. The Balaban J connectivity index is 1.62. The molecule has 1 aliphatic carbocycles. The zero-order valence-corrected chi connectivity index (χ0v) is 15.5. The van der Waals surface area contributed by atoms with Crippen LogP contribution in [-0.2, 0) is 16.6 Å². The van der Waals surface area contributed by atoms with Gasteiger partial charge in [0.15, 0.2) is 0 Å². The van der Waals surface area contributed by atoms with Crippen molar-refractivity contribution in [1.82, 2.24) is 5.32 Å². The summed E-state index contributed by atoms with van der Waals surface area (Å²) in [6, 6.07) is 16.0. The lowest BCUT2D eigenvalue weighted by molar-refractivity contribution is -0.121. The summed E-state index contributed by atoms with van der Waals surface area (Å²) in [4.78, 5) is 12.4. The van der Waals surface area contributed by atoms with Crippen molar-refractivity contribution < 1.29 is 9.53 Å². The third-order valence-electron chi connectivity index (χ3n) is 5.54. The average Bonchev–Trinajstić information content (AvgIpc) is 3.16. The van der Waals surface area contributed by atoms with Crippen molar-refractivity contribution in [2.24, 2.45) is 0 Å². The van der Waals surface area contributed by atoms with Gasteiger partial charge < -0.3 is 15.8 Å². The summed E-state index contributed by atoms with van der Waals surface area (Å²) < 4.78 is 5.38. The molecule has 1 aliphatic rings. The molecule has 0 spiro atoms. The topological polar surface area (TPSA) is 64.3 Å². The number of hydrogen-bond donors (Lipinski definition) is 2. The highest BCUT2D eigenvalue weighted by Crippen LogP contribution is 2.41. The van der Waals surface area contributed by atoms with Crippen molar-refractivity contribution in [2.75, 3.05) is 19.4 Å². The maximum atomic E-state index is 12.4. The normalized spacial score (nSPS) is 15.6. The zero-order chi connectivity index (χ0) is 18.4. The maximum Gasteiger partial charge on any atom is 0.220 e. The molecule has 0 heterocycles. The van der Waals surface area contributed by atoms with Gasteiger partial charge in [0, 0.05) is 24.1 Å². The molecule has 0 atom stereocenters. The number of carbonyl (C=O) groups excluding carboxylic acids is 1. The van der Waals surface area contributed by atoms with E-state index in [2.05, 4.69) is 17.4 Å². The maximum absolute atomic E-state index is 12.4. The van der Waals surface area contributed by atoms with Crippen molar-refractivity contribution in [2.45, 2.75) is 43.9 Å². The molecule has 0 bridgehead atoms. The van der Waals surface area contributed by atoms with Gasteiger partial charge in [-0.2, -0.15) is 0 Å². The summed E-state index contributed by atoms with van der Waals surface area (Å²) in [5.41, 5.74) is 9.04. The molecule has 0 saturated heterocycles. The molecular formula is C22H28N2O2. The van der Waals surface area contributed by atoms with Gasteiger partial charge in [0.1, 0.15) is 5.75 Å². The monoisotopic (exact) mass is 352 g/mol. The highest BCUT2D eigenvalue weighted by atomic mass is 16.5. The highest BCUT2D eigenvalue weighted by molar-refractivity contribution is 5.76. The third kappa shape index (κ3) is 4.18. The smallest absolute Gasteiger partial charge is 0.220 e. The summed E-state index contributed by atoms with van der Waals surface area (Å²) in [7, 11) is 1.69. The fourth-order valence-electron chi connectivity index (χ4n) is 3.94. The number of para-hydroxylation sites is 1.